The summed E-state index contributed by atoms with van der Waals surface area (Å²) in [4.78, 5) is 2.53. The molecule has 0 saturated carbocycles. The maximum Gasteiger partial charge on any atom is 0.0409 e. The summed E-state index contributed by atoms with van der Waals surface area (Å²) in [7, 11) is 0. The van der Waals surface area contributed by atoms with Gasteiger partial charge in [0.2, 0.25) is 0 Å². The van der Waals surface area contributed by atoms with Gasteiger partial charge in [-0.15, -0.1) is 0 Å². The molecule has 0 aromatic heterocycles. The zero-order chi connectivity index (χ0) is 12.1. The molecule has 0 spiro atoms. The Hall–Kier alpha value is -0.570. The Kier molecular flexibility index (Phi) is 4.84. The third kappa shape index (κ3) is 3.98. The summed E-state index contributed by atoms with van der Waals surface area (Å²) in [6, 6.07) is 6.09. The van der Waals surface area contributed by atoms with Crippen LogP contribution in [0.4, 0.5) is 0 Å². The minimum atomic E-state index is 0.826. The molecule has 0 bridgehead atoms. The normalized spacial score (nSPS) is 16.6. The minimum Gasteiger partial charge on any atom is -0.311 e. The van der Waals surface area contributed by atoms with Crippen LogP contribution < -0.4 is 5.32 Å². The predicted octanol–water partition coefficient (Wildman–Crippen LogP) is 2.83. The molecule has 1 aliphatic heterocycles. The monoisotopic (exact) mass is 252 g/mol. The number of halogens is 1. The molecular formula is C14H21ClN2. The quantitative estimate of drug-likeness (QED) is 0.811. The topological polar surface area (TPSA) is 15.3 Å². The standard InChI is InChI=1S/C14H21ClN2/c1-12-4-5-14(15)10-13(12)11-16-6-9-17-7-2-3-8-17/h4-5,10,16H,2-3,6-9,11H2,1H3. The van der Waals surface area contributed by atoms with Crippen molar-refractivity contribution < 1.29 is 0 Å². The van der Waals surface area contributed by atoms with E-state index in [1.807, 2.05) is 6.07 Å². The summed E-state index contributed by atoms with van der Waals surface area (Å²) in [5, 5.41) is 4.32. The van der Waals surface area contributed by atoms with Gasteiger partial charge in [0.25, 0.3) is 0 Å². The molecule has 1 aliphatic rings. The van der Waals surface area contributed by atoms with Gasteiger partial charge >= 0.3 is 0 Å². The van der Waals surface area contributed by atoms with Crippen molar-refractivity contribution >= 4 is 11.6 Å². The molecular weight excluding hydrogens is 232 g/mol. The Morgan fingerprint density at radius 3 is 2.82 bits per heavy atom. The molecule has 1 aromatic carbocycles. The van der Waals surface area contributed by atoms with Gasteiger partial charge in [-0.2, -0.15) is 0 Å². The van der Waals surface area contributed by atoms with Crippen molar-refractivity contribution in [2.24, 2.45) is 0 Å². The Balaban J connectivity index is 1.72. The number of hydrogen-bond donors (Lipinski definition) is 1. The Labute approximate surface area is 109 Å². The van der Waals surface area contributed by atoms with Crippen molar-refractivity contribution in [3.8, 4) is 0 Å². The average Bonchev–Trinajstić information content (AvgIpc) is 2.82. The summed E-state index contributed by atoms with van der Waals surface area (Å²) in [5.41, 5.74) is 2.61. The highest BCUT2D eigenvalue weighted by molar-refractivity contribution is 6.30. The van der Waals surface area contributed by atoms with Crippen molar-refractivity contribution in [2.75, 3.05) is 26.2 Å². The van der Waals surface area contributed by atoms with Crippen molar-refractivity contribution in [2.45, 2.75) is 26.3 Å². The fourth-order valence-electron chi connectivity index (χ4n) is 2.30. The van der Waals surface area contributed by atoms with Gasteiger partial charge in [-0.1, -0.05) is 17.7 Å². The van der Waals surface area contributed by atoms with Crippen LogP contribution >= 0.6 is 11.6 Å². The lowest BCUT2D eigenvalue weighted by atomic mass is 10.1. The first-order valence-electron chi connectivity index (χ1n) is 6.44. The molecule has 17 heavy (non-hydrogen) atoms. The first-order chi connectivity index (χ1) is 8.25. The van der Waals surface area contributed by atoms with Gasteiger partial charge in [-0.3, -0.25) is 0 Å². The number of nitrogens with one attached hydrogen (secondary N) is 1. The summed E-state index contributed by atoms with van der Waals surface area (Å²) >= 11 is 6.00. The lowest BCUT2D eigenvalue weighted by molar-refractivity contribution is 0.335. The SMILES string of the molecule is Cc1ccc(Cl)cc1CNCCN1CCCC1. The highest BCUT2D eigenvalue weighted by Crippen LogP contribution is 2.15. The number of hydrogen-bond acceptors (Lipinski definition) is 2. The van der Waals surface area contributed by atoms with E-state index in [9.17, 15) is 0 Å². The molecule has 1 heterocycles. The van der Waals surface area contributed by atoms with Gasteiger partial charge in [0.15, 0.2) is 0 Å². The van der Waals surface area contributed by atoms with Gasteiger partial charge in [0, 0.05) is 24.7 Å². The molecule has 0 amide bonds. The number of rotatable bonds is 5. The van der Waals surface area contributed by atoms with E-state index in [1.165, 1.54) is 43.6 Å². The minimum absolute atomic E-state index is 0.826. The fourth-order valence-corrected chi connectivity index (χ4v) is 2.49. The van der Waals surface area contributed by atoms with Gasteiger partial charge in [-0.05, 0) is 56.1 Å². The largest absolute Gasteiger partial charge is 0.311 e. The summed E-state index contributed by atoms with van der Waals surface area (Å²) in [6.07, 6.45) is 2.74. The smallest absolute Gasteiger partial charge is 0.0409 e. The highest BCUT2D eigenvalue weighted by Gasteiger charge is 2.10. The van der Waals surface area contributed by atoms with Crippen LogP contribution in [-0.4, -0.2) is 31.1 Å². The number of likely N-dealkylation sites (tertiary alicyclic amines) is 1. The van der Waals surface area contributed by atoms with Crippen LogP contribution in [0.25, 0.3) is 0 Å². The summed E-state index contributed by atoms with van der Waals surface area (Å²) in [5.74, 6) is 0. The van der Waals surface area contributed by atoms with Crippen molar-refractivity contribution in [3.05, 3.63) is 34.3 Å². The average molecular weight is 253 g/mol. The van der Waals surface area contributed by atoms with Crippen molar-refractivity contribution in [1.29, 1.82) is 0 Å². The summed E-state index contributed by atoms with van der Waals surface area (Å²) < 4.78 is 0. The summed E-state index contributed by atoms with van der Waals surface area (Å²) in [6.45, 7) is 7.83. The van der Waals surface area contributed by atoms with E-state index in [1.54, 1.807) is 0 Å². The molecule has 1 aromatic rings. The van der Waals surface area contributed by atoms with E-state index >= 15 is 0 Å². The molecule has 1 saturated heterocycles. The molecule has 94 valence electrons. The van der Waals surface area contributed by atoms with Gasteiger partial charge in [0.05, 0.1) is 0 Å². The molecule has 3 heteroatoms. The van der Waals surface area contributed by atoms with Crippen LogP contribution in [0.3, 0.4) is 0 Å². The molecule has 0 atom stereocenters. The molecule has 2 rings (SSSR count). The number of benzene rings is 1. The zero-order valence-electron chi connectivity index (χ0n) is 10.5. The number of aryl methyl sites for hydroxylation is 1. The second-order valence-corrected chi connectivity index (χ2v) is 5.23. The Morgan fingerprint density at radius 2 is 2.06 bits per heavy atom. The van der Waals surface area contributed by atoms with E-state index in [0.717, 1.165) is 18.1 Å². The van der Waals surface area contributed by atoms with E-state index in [4.69, 9.17) is 11.6 Å². The first-order valence-corrected chi connectivity index (χ1v) is 6.81. The van der Waals surface area contributed by atoms with Crippen LogP contribution in [0, 0.1) is 6.92 Å². The van der Waals surface area contributed by atoms with E-state index in [0.29, 0.717) is 0 Å². The second-order valence-electron chi connectivity index (χ2n) is 4.80. The molecule has 0 radical (unpaired) electrons. The molecule has 0 aliphatic carbocycles. The van der Waals surface area contributed by atoms with E-state index in [-0.39, 0.29) is 0 Å². The highest BCUT2D eigenvalue weighted by atomic mass is 35.5. The van der Waals surface area contributed by atoms with Crippen molar-refractivity contribution in [1.82, 2.24) is 10.2 Å². The molecule has 1 N–H and O–H groups in total. The Bertz CT molecular complexity index is 359. The second kappa shape index (κ2) is 6.39. The maximum absolute atomic E-state index is 6.00. The van der Waals surface area contributed by atoms with Crippen LogP contribution in [0.5, 0.6) is 0 Å². The van der Waals surface area contributed by atoms with Crippen LogP contribution in [-0.2, 0) is 6.54 Å². The van der Waals surface area contributed by atoms with Crippen LogP contribution in [0.15, 0.2) is 18.2 Å². The van der Waals surface area contributed by atoms with Gasteiger partial charge in [-0.25, -0.2) is 0 Å². The van der Waals surface area contributed by atoms with Crippen molar-refractivity contribution in [3.63, 3.8) is 0 Å². The molecule has 0 unspecified atom stereocenters. The maximum atomic E-state index is 6.00. The molecule has 1 fully saturated rings. The lowest BCUT2D eigenvalue weighted by Gasteiger charge is -2.15. The van der Waals surface area contributed by atoms with Gasteiger partial charge in [0.1, 0.15) is 0 Å². The molecule has 2 nitrogen and oxygen atoms in total. The Morgan fingerprint density at radius 1 is 1.29 bits per heavy atom. The third-order valence-electron chi connectivity index (χ3n) is 3.43. The third-order valence-corrected chi connectivity index (χ3v) is 3.67. The van der Waals surface area contributed by atoms with Gasteiger partial charge < -0.3 is 10.2 Å². The zero-order valence-corrected chi connectivity index (χ0v) is 11.3. The first kappa shape index (κ1) is 12.9. The van der Waals surface area contributed by atoms with E-state index < -0.39 is 0 Å². The number of nitrogens with zero attached hydrogens (tertiary/aromatic N) is 1. The van der Waals surface area contributed by atoms with Crippen LogP contribution in [0.2, 0.25) is 5.02 Å². The lowest BCUT2D eigenvalue weighted by Crippen LogP contribution is -2.29. The fraction of sp³-hybridized carbons (Fsp3) is 0.571. The van der Waals surface area contributed by atoms with Crippen LogP contribution in [0.1, 0.15) is 24.0 Å². The van der Waals surface area contributed by atoms with E-state index in [2.05, 4.69) is 29.3 Å². The predicted molar refractivity (Wildman–Crippen MR) is 73.6 cm³/mol.